The third-order valence-corrected chi connectivity index (χ3v) is 5.34. The SMILES string of the molecule is O[C@@H](COc1ccc2c(c1)CCC2)C[NH+]1CCc2ccccc2C1. The molecule has 1 aliphatic heterocycles. The maximum absolute atomic E-state index is 10.4. The number of hydrogen-bond donors (Lipinski definition) is 2. The summed E-state index contributed by atoms with van der Waals surface area (Å²) in [4.78, 5) is 1.44. The fraction of sp³-hybridized carbons (Fsp3) is 0.429. The fourth-order valence-corrected chi connectivity index (χ4v) is 4.04. The third-order valence-electron chi connectivity index (χ3n) is 5.34. The minimum atomic E-state index is -0.418. The van der Waals surface area contributed by atoms with E-state index in [1.165, 1.54) is 40.0 Å². The van der Waals surface area contributed by atoms with Crippen molar-refractivity contribution in [2.75, 3.05) is 19.7 Å². The summed E-state index contributed by atoms with van der Waals surface area (Å²) >= 11 is 0. The molecule has 0 saturated heterocycles. The van der Waals surface area contributed by atoms with Crippen molar-refractivity contribution < 1.29 is 14.7 Å². The van der Waals surface area contributed by atoms with Gasteiger partial charge in [-0.15, -0.1) is 0 Å². The quantitative estimate of drug-likeness (QED) is 0.875. The summed E-state index contributed by atoms with van der Waals surface area (Å²) in [5.41, 5.74) is 5.76. The Labute approximate surface area is 143 Å². The third kappa shape index (κ3) is 3.47. The van der Waals surface area contributed by atoms with Crippen LogP contribution < -0.4 is 9.64 Å². The Hall–Kier alpha value is -1.84. The lowest BCUT2D eigenvalue weighted by atomic mass is 10.00. The number of nitrogens with one attached hydrogen (secondary N) is 1. The molecule has 1 unspecified atom stereocenters. The van der Waals surface area contributed by atoms with Crippen LogP contribution in [0.5, 0.6) is 5.75 Å². The molecule has 2 aliphatic rings. The van der Waals surface area contributed by atoms with Crippen molar-refractivity contribution in [3.63, 3.8) is 0 Å². The summed E-state index contributed by atoms with van der Waals surface area (Å²) in [6.45, 7) is 3.22. The molecule has 4 rings (SSSR count). The van der Waals surface area contributed by atoms with Gasteiger partial charge in [-0.05, 0) is 48.1 Å². The summed E-state index contributed by atoms with van der Waals surface area (Å²) < 4.78 is 5.84. The largest absolute Gasteiger partial charge is 0.491 e. The van der Waals surface area contributed by atoms with Gasteiger partial charge in [-0.25, -0.2) is 0 Å². The number of aliphatic hydroxyl groups excluding tert-OH is 1. The van der Waals surface area contributed by atoms with E-state index >= 15 is 0 Å². The van der Waals surface area contributed by atoms with E-state index < -0.39 is 6.10 Å². The summed E-state index contributed by atoms with van der Waals surface area (Å²) in [5.74, 6) is 0.897. The topological polar surface area (TPSA) is 33.9 Å². The van der Waals surface area contributed by atoms with Crippen molar-refractivity contribution in [2.45, 2.75) is 38.3 Å². The molecule has 2 atom stereocenters. The molecule has 1 aliphatic carbocycles. The molecular formula is C21H26NO2+. The summed E-state index contributed by atoms with van der Waals surface area (Å²) in [6.07, 6.45) is 4.29. The number of ether oxygens (including phenoxy) is 1. The first-order valence-corrected chi connectivity index (χ1v) is 9.11. The summed E-state index contributed by atoms with van der Waals surface area (Å²) in [7, 11) is 0. The highest BCUT2D eigenvalue weighted by atomic mass is 16.5. The predicted octanol–water partition coefficient (Wildman–Crippen LogP) is 1.56. The van der Waals surface area contributed by atoms with Gasteiger partial charge < -0.3 is 14.7 Å². The second kappa shape index (κ2) is 6.96. The molecule has 2 aromatic rings. The second-order valence-electron chi connectivity index (χ2n) is 7.15. The number of aryl methyl sites for hydroxylation is 2. The van der Waals surface area contributed by atoms with Gasteiger partial charge in [0.25, 0.3) is 0 Å². The van der Waals surface area contributed by atoms with E-state index in [4.69, 9.17) is 4.74 Å². The van der Waals surface area contributed by atoms with Crippen LogP contribution in [0.4, 0.5) is 0 Å². The summed E-state index contributed by atoms with van der Waals surface area (Å²) in [6, 6.07) is 15.0. The molecule has 3 heteroatoms. The van der Waals surface area contributed by atoms with E-state index in [1.54, 1.807) is 0 Å². The zero-order valence-corrected chi connectivity index (χ0v) is 14.1. The first-order chi connectivity index (χ1) is 11.8. The van der Waals surface area contributed by atoms with Crippen LogP contribution in [0.2, 0.25) is 0 Å². The molecule has 1 heterocycles. The molecule has 24 heavy (non-hydrogen) atoms. The molecule has 0 fully saturated rings. The molecule has 0 amide bonds. The lowest BCUT2D eigenvalue weighted by molar-refractivity contribution is -0.918. The Balaban J connectivity index is 1.29. The van der Waals surface area contributed by atoms with Gasteiger partial charge in [-0.1, -0.05) is 30.3 Å². The molecule has 0 saturated carbocycles. The number of quaternary nitrogens is 1. The van der Waals surface area contributed by atoms with E-state index in [2.05, 4.69) is 36.4 Å². The first-order valence-electron chi connectivity index (χ1n) is 9.11. The van der Waals surface area contributed by atoms with Gasteiger partial charge in [0.2, 0.25) is 0 Å². The number of benzene rings is 2. The first kappa shape index (κ1) is 15.7. The Morgan fingerprint density at radius 2 is 1.75 bits per heavy atom. The monoisotopic (exact) mass is 324 g/mol. The normalized spacial score (nSPS) is 20.3. The number of rotatable bonds is 5. The van der Waals surface area contributed by atoms with Crippen molar-refractivity contribution in [1.29, 1.82) is 0 Å². The van der Waals surface area contributed by atoms with E-state index in [0.29, 0.717) is 6.61 Å². The highest BCUT2D eigenvalue weighted by Gasteiger charge is 2.22. The molecule has 0 spiro atoms. The number of aliphatic hydroxyl groups is 1. The van der Waals surface area contributed by atoms with Crippen molar-refractivity contribution >= 4 is 0 Å². The van der Waals surface area contributed by atoms with Crippen LogP contribution >= 0.6 is 0 Å². The van der Waals surface area contributed by atoms with Crippen molar-refractivity contribution in [1.82, 2.24) is 0 Å². The van der Waals surface area contributed by atoms with Gasteiger partial charge in [0, 0.05) is 12.0 Å². The second-order valence-corrected chi connectivity index (χ2v) is 7.15. The van der Waals surface area contributed by atoms with Crippen LogP contribution in [0.3, 0.4) is 0 Å². The Kier molecular flexibility index (Phi) is 4.54. The van der Waals surface area contributed by atoms with Crippen molar-refractivity contribution in [2.24, 2.45) is 0 Å². The van der Waals surface area contributed by atoms with E-state index in [0.717, 1.165) is 38.2 Å². The molecule has 2 aromatic carbocycles. The highest BCUT2D eigenvalue weighted by Crippen LogP contribution is 2.26. The lowest BCUT2D eigenvalue weighted by Gasteiger charge is -2.27. The smallest absolute Gasteiger partial charge is 0.137 e. The predicted molar refractivity (Wildman–Crippen MR) is 94.5 cm³/mol. The minimum Gasteiger partial charge on any atom is -0.491 e. The lowest BCUT2D eigenvalue weighted by Crippen LogP contribution is -3.13. The number of fused-ring (bicyclic) bond motifs is 2. The molecular weight excluding hydrogens is 298 g/mol. The van der Waals surface area contributed by atoms with E-state index in [1.807, 2.05) is 6.07 Å². The van der Waals surface area contributed by atoms with Crippen LogP contribution in [-0.4, -0.2) is 30.9 Å². The van der Waals surface area contributed by atoms with E-state index in [-0.39, 0.29) is 0 Å². The molecule has 0 aromatic heterocycles. The Morgan fingerprint density at radius 1 is 0.958 bits per heavy atom. The number of hydrogen-bond acceptors (Lipinski definition) is 2. The zero-order chi connectivity index (χ0) is 16.4. The van der Waals surface area contributed by atoms with Crippen LogP contribution in [0, 0.1) is 0 Å². The minimum absolute atomic E-state index is 0.379. The van der Waals surface area contributed by atoms with Gasteiger partial charge in [0.05, 0.1) is 6.54 Å². The van der Waals surface area contributed by atoms with Crippen LogP contribution in [0.15, 0.2) is 42.5 Å². The maximum atomic E-state index is 10.4. The van der Waals surface area contributed by atoms with Gasteiger partial charge in [0.15, 0.2) is 0 Å². The molecule has 126 valence electrons. The van der Waals surface area contributed by atoms with Crippen LogP contribution in [-0.2, 0) is 25.8 Å². The van der Waals surface area contributed by atoms with Crippen LogP contribution in [0.25, 0.3) is 0 Å². The van der Waals surface area contributed by atoms with Crippen LogP contribution in [0.1, 0.15) is 28.7 Å². The van der Waals surface area contributed by atoms with Crippen molar-refractivity contribution in [3.8, 4) is 5.75 Å². The average Bonchev–Trinajstić information content (AvgIpc) is 3.07. The molecule has 0 bridgehead atoms. The highest BCUT2D eigenvalue weighted by molar-refractivity contribution is 5.38. The van der Waals surface area contributed by atoms with E-state index in [9.17, 15) is 5.11 Å². The summed E-state index contributed by atoms with van der Waals surface area (Å²) in [5, 5.41) is 10.4. The van der Waals surface area contributed by atoms with Gasteiger partial charge in [0.1, 0.15) is 31.5 Å². The van der Waals surface area contributed by atoms with Gasteiger partial charge in [-0.2, -0.15) is 0 Å². The van der Waals surface area contributed by atoms with Gasteiger partial charge >= 0.3 is 0 Å². The fourth-order valence-electron chi connectivity index (χ4n) is 4.04. The Bertz CT molecular complexity index is 713. The Morgan fingerprint density at radius 3 is 2.67 bits per heavy atom. The molecule has 2 N–H and O–H groups in total. The maximum Gasteiger partial charge on any atom is 0.137 e. The standard InChI is InChI=1S/C21H25NO2/c23-20(14-22-11-10-17-4-1-2-5-19(17)13-22)15-24-21-9-8-16-6-3-7-18(16)12-21/h1-2,4-5,8-9,12,20,23H,3,6-7,10-11,13-15H2/p+1/t20-/m1/s1. The molecule has 3 nitrogen and oxygen atoms in total. The van der Waals surface area contributed by atoms with Crippen molar-refractivity contribution in [3.05, 3.63) is 64.7 Å². The molecule has 0 radical (unpaired) electrons. The van der Waals surface area contributed by atoms with Gasteiger partial charge in [-0.3, -0.25) is 0 Å². The zero-order valence-electron chi connectivity index (χ0n) is 14.1. The average molecular weight is 324 g/mol.